The number of benzene rings is 3. The van der Waals surface area contributed by atoms with Gasteiger partial charge < -0.3 is 0 Å². The zero-order chi connectivity index (χ0) is 19.0. The fourth-order valence-corrected chi connectivity index (χ4v) is 5.40. The molecule has 3 aromatic carbocycles. The Kier molecular flexibility index (Phi) is 5.10. The number of hydrogen-bond donors (Lipinski definition) is 2. The number of aryl methyl sites for hydroxylation is 2. The molecule has 0 aromatic heterocycles. The minimum atomic E-state index is -0.324. The molecule has 0 amide bonds. The molecular formula is C23H24FN2P. The maximum atomic E-state index is 14.8. The maximum Gasteiger partial charge on any atom is 0.131 e. The summed E-state index contributed by atoms with van der Waals surface area (Å²) in [5, 5.41) is 2.98. The highest BCUT2D eigenvalue weighted by atomic mass is 31.1. The van der Waals surface area contributed by atoms with Gasteiger partial charge in [-0.15, -0.1) is 0 Å². The van der Waals surface area contributed by atoms with Gasteiger partial charge in [0.1, 0.15) is 5.82 Å². The smallest absolute Gasteiger partial charge is 0.131 e. The molecule has 1 aliphatic rings. The molecular weight excluding hydrogens is 354 g/mol. The summed E-state index contributed by atoms with van der Waals surface area (Å²) in [6.07, 6.45) is 2.33. The molecule has 4 heteroatoms. The molecule has 0 saturated carbocycles. The van der Waals surface area contributed by atoms with E-state index in [0.29, 0.717) is 11.2 Å². The molecule has 1 saturated heterocycles. The molecule has 0 radical (unpaired) electrons. The summed E-state index contributed by atoms with van der Waals surface area (Å²) in [5.74, 6) is 5.50. The fraction of sp³-hybridized carbons (Fsp3) is 0.217. The van der Waals surface area contributed by atoms with Gasteiger partial charge in [0.15, 0.2) is 0 Å². The molecule has 3 N–H and O–H groups in total. The zero-order valence-corrected chi connectivity index (χ0v) is 16.6. The lowest BCUT2D eigenvalue weighted by molar-refractivity contribution is 0.632. The van der Waals surface area contributed by atoms with Crippen LogP contribution in [0.1, 0.15) is 28.8 Å². The lowest BCUT2D eigenvalue weighted by Crippen LogP contribution is -2.27. The first kappa shape index (κ1) is 18.3. The number of hydrazine groups is 1. The Labute approximate surface area is 161 Å². The van der Waals surface area contributed by atoms with Crippen molar-refractivity contribution < 1.29 is 4.39 Å². The summed E-state index contributed by atoms with van der Waals surface area (Å²) < 4.78 is 14.8. The van der Waals surface area contributed by atoms with E-state index in [1.807, 2.05) is 43.3 Å². The highest BCUT2D eigenvalue weighted by molar-refractivity contribution is 7.57. The van der Waals surface area contributed by atoms with E-state index in [-0.39, 0.29) is 13.9 Å². The van der Waals surface area contributed by atoms with E-state index in [1.165, 1.54) is 29.3 Å². The topological polar surface area (TPSA) is 38.0 Å². The van der Waals surface area contributed by atoms with Crippen molar-refractivity contribution in [3.63, 3.8) is 0 Å². The van der Waals surface area contributed by atoms with Crippen LogP contribution in [0.15, 0.2) is 60.7 Å². The van der Waals surface area contributed by atoms with Crippen molar-refractivity contribution in [2.45, 2.75) is 25.9 Å². The Morgan fingerprint density at radius 3 is 2.22 bits per heavy atom. The average molecular weight is 378 g/mol. The third-order valence-electron chi connectivity index (χ3n) is 5.49. The number of hydrogen-bond acceptors (Lipinski definition) is 2. The summed E-state index contributed by atoms with van der Waals surface area (Å²) in [7, 11) is -0.324. The molecule has 2 atom stereocenters. The second-order valence-electron chi connectivity index (χ2n) is 7.26. The third-order valence-corrected chi connectivity index (χ3v) is 7.85. The standard InChI is InChI=1S/C23H24FN2P/c1-15-3-6-17(7-4-15)20-10-9-19(14-22(20)24)18-8-5-16(2)21(13-18)23-11-12-27(23)26-25/h3-10,13-14,23,26H,11-12,25H2,1-2H3. The summed E-state index contributed by atoms with van der Waals surface area (Å²) in [6.45, 7) is 4.18. The van der Waals surface area contributed by atoms with Gasteiger partial charge in [-0.1, -0.05) is 60.2 Å². The van der Waals surface area contributed by atoms with Crippen molar-refractivity contribution in [3.8, 4) is 22.3 Å². The van der Waals surface area contributed by atoms with Gasteiger partial charge in [0.2, 0.25) is 0 Å². The van der Waals surface area contributed by atoms with Crippen LogP contribution in [-0.2, 0) is 0 Å². The predicted molar refractivity (Wildman–Crippen MR) is 113 cm³/mol. The predicted octanol–water partition coefficient (Wildman–Crippen LogP) is 6.08. The van der Waals surface area contributed by atoms with Gasteiger partial charge in [-0.25, -0.2) is 9.59 Å². The first-order valence-corrected chi connectivity index (χ1v) is 10.9. The number of halogens is 1. The van der Waals surface area contributed by atoms with Gasteiger partial charge in [0, 0.05) is 11.2 Å². The lowest BCUT2D eigenvalue weighted by atomic mass is 9.95. The number of nitrogens with one attached hydrogen (secondary N) is 1. The monoisotopic (exact) mass is 378 g/mol. The van der Waals surface area contributed by atoms with E-state index in [9.17, 15) is 4.39 Å². The molecule has 2 nitrogen and oxygen atoms in total. The average Bonchev–Trinajstić information content (AvgIpc) is 2.64. The molecule has 0 aliphatic carbocycles. The van der Waals surface area contributed by atoms with Crippen LogP contribution in [0, 0.1) is 19.7 Å². The quantitative estimate of drug-likeness (QED) is 0.328. The van der Waals surface area contributed by atoms with Crippen LogP contribution >= 0.6 is 8.07 Å². The van der Waals surface area contributed by atoms with Crippen molar-refractivity contribution in [2.24, 2.45) is 5.84 Å². The minimum Gasteiger partial charge on any atom is -0.268 e. The van der Waals surface area contributed by atoms with Crippen LogP contribution < -0.4 is 11.0 Å². The second kappa shape index (κ2) is 7.52. The van der Waals surface area contributed by atoms with E-state index in [4.69, 9.17) is 5.84 Å². The van der Waals surface area contributed by atoms with Gasteiger partial charge in [0.25, 0.3) is 0 Å². The van der Waals surface area contributed by atoms with Crippen molar-refractivity contribution in [1.29, 1.82) is 0 Å². The number of rotatable bonds is 4. The number of nitrogens with two attached hydrogens (primary N) is 1. The van der Waals surface area contributed by atoms with Crippen LogP contribution in [0.25, 0.3) is 22.3 Å². The summed E-state index contributed by atoms with van der Waals surface area (Å²) in [5.41, 5.74) is 7.81. The molecule has 1 heterocycles. The summed E-state index contributed by atoms with van der Waals surface area (Å²) in [6, 6.07) is 19.9. The molecule has 27 heavy (non-hydrogen) atoms. The van der Waals surface area contributed by atoms with Crippen LogP contribution in [0.3, 0.4) is 0 Å². The lowest BCUT2D eigenvalue weighted by Gasteiger charge is -2.37. The highest BCUT2D eigenvalue weighted by Crippen LogP contribution is 2.60. The molecule has 2 unspecified atom stereocenters. The molecule has 4 rings (SSSR count). The van der Waals surface area contributed by atoms with E-state index in [1.54, 1.807) is 6.07 Å². The van der Waals surface area contributed by atoms with Gasteiger partial charge in [-0.05, 0) is 68.4 Å². The maximum absolute atomic E-state index is 14.8. The van der Waals surface area contributed by atoms with Gasteiger partial charge in [-0.2, -0.15) is 0 Å². The fourth-order valence-electron chi connectivity index (χ4n) is 3.71. The summed E-state index contributed by atoms with van der Waals surface area (Å²) in [4.78, 5) is 0. The van der Waals surface area contributed by atoms with Gasteiger partial charge in [-0.3, -0.25) is 5.84 Å². The first-order chi connectivity index (χ1) is 13.1. The largest absolute Gasteiger partial charge is 0.268 e. The first-order valence-electron chi connectivity index (χ1n) is 9.27. The molecule has 3 aromatic rings. The van der Waals surface area contributed by atoms with Crippen LogP contribution in [-0.4, -0.2) is 6.16 Å². The van der Waals surface area contributed by atoms with Gasteiger partial charge in [0.05, 0.1) is 0 Å². The molecule has 0 spiro atoms. The summed E-state index contributed by atoms with van der Waals surface area (Å²) >= 11 is 0. The Morgan fingerprint density at radius 1 is 0.926 bits per heavy atom. The third kappa shape index (κ3) is 3.55. The van der Waals surface area contributed by atoms with Crippen LogP contribution in [0.5, 0.6) is 0 Å². The molecule has 138 valence electrons. The van der Waals surface area contributed by atoms with E-state index >= 15 is 0 Å². The van der Waals surface area contributed by atoms with Crippen LogP contribution in [0.2, 0.25) is 0 Å². The SMILES string of the molecule is Cc1ccc(-c2ccc(-c3ccc(C)c(C4CCP4NN)c3)cc2F)cc1. The van der Waals surface area contributed by atoms with Crippen molar-refractivity contribution in [2.75, 3.05) is 6.16 Å². The van der Waals surface area contributed by atoms with Crippen molar-refractivity contribution >= 4 is 8.07 Å². The Morgan fingerprint density at radius 2 is 1.59 bits per heavy atom. The molecule has 0 bridgehead atoms. The Balaban J connectivity index is 1.68. The van der Waals surface area contributed by atoms with E-state index in [0.717, 1.165) is 16.7 Å². The highest BCUT2D eigenvalue weighted by Gasteiger charge is 2.32. The Bertz CT molecular complexity index is 967. The zero-order valence-electron chi connectivity index (χ0n) is 15.7. The van der Waals surface area contributed by atoms with Crippen molar-refractivity contribution in [1.82, 2.24) is 5.20 Å². The molecule has 1 fully saturated rings. The van der Waals surface area contributed by atoms with Gasteiger partial charge >= 0.3 is 0 Å². The second-order valence-corrected chi connectivity index (χ2v) is 9.53. The molecule has 1 aliphatic heterocycles. The van der Waals surface area contributed by atoms with E-state index in [2.05, 4.69) is 30.3 Å². The minimum absolute atomic E-state index is 0.187. The van der Waals surface area contributed by atoms with Crippen molar-refractivity contribution in [3.05, 3.63) is 83.2 Å². The van der Waals surface area contributed by atoms with Crippen LogP contribution in [0.4, 0.5) is 4.39 Å². The Hall–Kier alpha value is -2.06. The normalized spacial score (nSPS) is 19.0. The van der Waals surface area contributed by atoms with E-state index < -0.39 is 0 Å².